The van der Waals surface area contributed by atoms with Crippen LogP contribution in [-0.4, -0.2) is 95.2 Å². The van der Waals surface area contributed by atoms with E-state index in [0.29, 0.717) is 62.3 Å². The molecular formula is C31H49N5O6S. The highest BCUT2D eigenvalue weighted by molar-refractivity contribution is 7.17. The maximum atomic E-state index is 14.0. The van der Waals surface area contributed by atoms with Crippen molar-refractivity contribution in [3.63, 3.8) is 0 Å². The summed E-state index contributed by atoms with van der Waals surface area (Å²) in [6, 6.07) is -0.0523. The molecule has 4 heterocycles. The Morgan fingerprint density at radius 2 is 1.58 bits per heavy atom. The van der Waals surface area contributed by atoms with Crippen molar-refractivity contribution in [1.29, 1.82) is 0 Å². The summed E-state index contributed by atoms with van der Waals surface area (Å²) in [6.45, 7) is 17.1. The zero-order valence-corrected chi connectivity index (χ0v) is 27.7. The Hall–Kier alpha value is -2.86. The molecule has 240 valence electrons. The highest BCUT2D eigenvalue weighted by Gasteiger charge is 2.37. The lowest BCUT2D eigenvalue weighted by Gasteiger charge is -2.42. The predicted octanol–water partition coefficient (Wildman–Crippen LogP) is 4.84. The number of fused-ring (bicyclic) bond motifs is 1. The van der Waals surface area contributed by atoms with Crippen LogP contribution in [0, 0.1) is 5.92 Å². The van der Waals surface area contributed by atoms with E-state index < -0.39 is 11.2 Å². The number of hydrogen-bond donors (Lipinski definition) is 2. The number of amides is 4. The molecule has 0 bridgehead atoms. The highest BCUT2D eigenvalue weighted by atomic mass is 32.1. The van der Waals surface area contributed by atoms with Gasteiger partial charge in [-0.3, -0.25) is 19.8 Å². The number of rotatable bonds is 5. The van der Waals surface area contributed by atoms with Crippen molar-refractivity contribution in [2.24, 2.45) is 5.92 Å². The number of carbonyl (C=O) groups is 4. The van der Waals surface area contributed by atoms with E-state index in [9.17, 15) is 19.2 Å². The number of thiophene rings is 1. The van der Waals surface area contributed by atoms with Crippen molar-refractivity contribution in [3.8, 4) is 0 Å². The topological polar surface area (TPSA) is 121 Å². The molecule has 0 aliphatic carbocycles. The Morgan fingerprint density at radius 1 is 0.907 bits per heavy atom. The first kappa shape index (κ1) is 33.0. The second-order valence-corrected chi connectivity index (χ2v) is 14.8. The molecule has 12 heteroatoms. The molecule has 1 aromatic rings. The van der Waals surface area contributed by atoms with Gasteiger partial charge in [0, 0.05) is 43.6 Å². The standard InChI is InChI=1S/C31H49N5O6S/c1-8-32-28(39)33-25-24(22-13-17-36(19-23(22)43-25)29(40)42-31(5,6)7)26(37)34-15-11-21(12-16-34)35-14-9-10-20(18-35)27(38)41-30(2,3)4/h20-21H,8-19H2,1-7H3,(H2,32,33,39). The fraction of sp³-hybridized carbons (Fsp3) is 0.742. The maximum absolute atomic E-state index is 14.0. The number of esters is 1. The van der Waals surface area contributed by atoms with Gasteiger partial charge in [0.25, 0.3) is 5.91 Å². The van der Waals surface area contributed by atoms with E-state index in [1.807, 2.05) is 53.4 Å². The second kappa shape index (κ2) is 13.4. The van der Waals surface area contributed by atoms with Crippen molar-refractivity contribution in [2.45, 2.75) is 104 Å². The molecule has 1 atom stereocenters. The van der Waals surface area contributed by atoms with Gasteiger partial charge >= 0.3 is 18.1 Å². The lowest BCUT2D eigenvalue weighted by molar-refractivity contribution is -0.162. The van der Waals surface area contributed by atoms with E-state index >= 15 is 0 Å². The van der Waals surface area contributed by atoms with Gasteiger partial charge in [-0.25, -0.2) is 9.59 Å². The molecule has 0 radical (unpaired) electrons. The largest absolute Gasteiger partial charge is 0.460 e. The van der Waals surface area contributed by atoms with Gasteiger partial charge in [-0.2, -0.15) is 0 Å². The van der Waals surface area contributed by atoms with Gasteiger partial charge in [-0.05, 0) is 92.7 Å². The van der Waals surface area contributed by atoms with Gasteiger partial charge in [-0.15, -0.1) is 11.3 Å². The van der Waals surface area contributed by atoms with Gasteiger partial charge in [0.05, 0.1) is 18.0 Å². The molecule has 0 aromatic carbocycles. The van der Waals surface area contributed by atoms with Crippen LogP contribution in [0.5, 0.6) is 0 Å². The van der Waals surface area contributed by atoms with Crippen LogP contribution >= 0.6 is 11.3 Å². The van der Waals surface area contributed by atoms with Crippen LogP contribution in [0.2, 0.25) is 0 Å². The minimum Gasteiger partial charge on any atom is -0.460 e. The first-order valence-corrected chi connectivity index (χ1v) is 16.4. The molecule has 11 nitrogen and oxygen atoms in total. The summed E-state index contributed by atoms with van der Waals surface area (Å²) in [5.74, 6) is -0.323. The van der Waals surface area contributed by atoms with Gasteiger partial charge in [-0.1, -0.05) is 0 Å². The zero-order valence-electron chi connectivity index (χ0n) is 26.8. The number of likely N-dealkylation sites (tertiary alicyclic amines) is 2. The zero-order chi connectivity index (χ0) is 31.5. The normalized spacial score (nSPS) is 20.3. The lowest BCUT2D eigenvalue weighted by atomic mass is 9.93. The number of nitrogens with one attached hydrogen (secondary N) is 2. The molecule has 3 aliphatic heterocycles. The van der Waals surface area contributed by atoms with Gasteiger partial charge < -0.3 is 24.6 Å². The van der Waals surface area contributed by atoms with Crippen LogP contribution in [0.25, 0.3) is 0 Å². The van der Waals surface area contributed by atoms with E-state index in [-0.39, 0.29) is 29.9 Å². The molecule has 2 N–H and O–H groups in total. The molecule has 0 saturated carbocycles. The SMILES string of the molecule is CCNC(=O)Nc1sc2c(c1C(=O)N1CCC(N3CCCC(C(=O)OC(C)(C)C)C3)CC1)CCN(C(=O)OC(C)(C)C)C2. The summed E-state index contributed by atoms with van der Waals surface area (Å²) < 4.78 is 11.2. The maximum Gasteiger partial charge on any atom is 0.410 e. The van der Waals surface area contributed by atoms with E-state index in [4.69, 9.17) is 9.47 Å². The molecule has 0 spiro atoms. The van der Waals surface area contributed by atoms with E-state index in [1.54, 1.807) is 4.90 Å². The Balaban J connectivity index is 1.44. The third-order valence-electron chi connectivity index (χ3n) is 7.95. The number of nitrogens with zero attached hydrogens (tertiary/aromatic N) is 3. The summed E-state index contributed by atoms with van der Waals surface area (Å²) in [7, 11) is 0. The average Bonchev–Trinajstić information content (AvgIpc) is 3.28. The number of carbonyl (C=O) groups excluding carboxylic acids is 4. The molecule has 3 aliphatic rings. The van der Waals surface area contributed by atoms with Crippen molar-refractivity contribution in [3.05, 3.63) is 16.0 Å². The summed E-state index contributed by atoms with van der Waals surface area (Å²) >= 11 is 1.36. The Bertz CT molecular complexity index is 1190. The summed E-state index contributed by atoms with van der Waals surface area (Å²) in [6.07, 6.45) is 3.58. The Morgan fingerprint density at radius 3 is 2.21 bits per heavy atom. The van der Waals surface area contributed by atoms with Gasteiger partial charge in [0.2, 0.25) is 0 Å². The van der Waals surface area contributed by atoms with E-state index in [1.165, 1.54) is 11.3 Å². The molecular weight excluding hydrogens is 570 g/mol. The minimum absolute atomic E-state index is 0.0845. The third kappa shape index (κ3) is 8.62. The summed E-state index contributed by atoms with van der Waals surface area (Å²) in [4.78, 5) is 58.9. The molecule has 43 heavy (non-hydrogen) atoms. The Kier molecular flexibility index (Phi) is 10.3. The molecule has 1 unspecified atom stereocenters. The quantitative estimate of drug-likeness (QED) is 0.453. The van der Waals surface area contributed by atoms with E-state index in [0.717, 1.165) is 42.7 Å². The number of urea groups is 1. The number of ether oxygens (including phenoxy) is 2. The van der Waals surface area contributed by atoms with Crippen molar-refractivity contribution < 1.29 is 28.7 Å². The third-order valence-corrected chi connectivity index (χ3v) is 9.08. The number of hydrogen-bond acceptors (Lipinski definition) is 8. The van der Waals surface area contributed by atoms with Gasteiger partial charge in [0.15, 0.2) is 0 Å². The first-order chi connectivity index (χ1) is 20.1. The second-order valence-electron chi connectivity index (χ2n) is 13.7. The monoisotopic (exact) mass is 619 g/mol. The van der Waals surface area contributed by atoms with Crippen molar-refractivity contribution in [2.75, 3.05) is 44.6 Å². The van der Waals surface area contributed by atoms with Crippen molar-refractivity contribution in [1.82, 2.24) is 20.0 Å². The molecule has 4 amide bonds. The first-order valence-electron chi connectivity index (χ1n) is 15.6. The van der Waals surface area contributed by atoms with Crippen LogP contribution in [0.4, 0.5) is 14.6 Å². The van der Waals surface area contributed by atoms with Crippen LogP contribution in [0.1, 0.15) is 94.9 Å². The van der Waals surface area contributed by atoms with Crippen LogP contribution < -0.4 is 10.6 Å². The summed E-state index contributed by atoms with van der Waals surface area (Å²) in [5, 5.41) is 6.16. The number of piperidine rings is 2. The van der Waals surface area contributed by atoms with Crippen LogP contribution in [-0.2, 0) is 27.2 Å². The fourth-order valence-corrected chi connectivity index (χ4v) is 7.27. The lowest BCUT2D eigenvalue weighted by Crippen LogP contribution is -2.51. The predicted molar refractivity (Wildman–Crippen MR) is 166 cm³/mol. The number of anilines is 1. The minimum atomic E-state index is -0.601. The van der Waals surface area contributed by atoms with Crippen LogP contribution in [0.3, 0.4) is 0 Å². The molecule has 4 rings (SSSR count). The summed E-state index contributed by atoms with van der Waals surface area (Å²) in [5.41, 5.74) is 0.345. The fourth-order valence-electron chi connectivity index (χ4n) is 6.02. The Labute approximate surface area is 259 Å². The smallest absolute Gasteiger partial charge is 0.410 e. The molecule has 2 saturated heterocycles. The van der Waals surface area contributed by atoms with Crippen LogP contribution in [0.15, 0.2) is 0 Å². The van der Waals surface area contributed by atoms with Crippen molar-refractivity contribution >= 4 is 40.3 Å². The molecule has 2 fully saturated rings. The van der Waals surface area contributed by atoms with Gasteiger partial charge in [0.1, 0.15) is 16.2 Å². The highest BCUT2D eigenvalue weighted by Crippen LogP contribution is 2.39. The average molecular weight is 620 g/mol. The van der Waals surface area contributed by atoms with E-state index in [2.05, 4.69) is 15.5 Å². The molecule has 1 aromatic heterocycles.